The third-order valence-corrected chi connectivity index (χ3v) is 3.69. The lowest BCUT2D eigenvalue weighted by atomic mass is 10.1. The van der Waals surface area contributed by atoms with Crippen molar-refractivity contribution in [3.63, 3.8) is 0 Å². The van der Waals surface area contributed by atoms with Crippen molar-refractivity contribution in [2.24, 2.45) is 0 Å². The fourth-order valence-corrected chi connectivity index (χ4v) is 2.51. The Morgan fingerprint density at radius 1 is 0.708 bits per heavy atom. The highest BCUT2D eigenvalue weighted by Gasteiger charge is 2.12. The van der Waals surface area contributed by atoms with Crippen molar-refractivity contribution in [2.75, 3.05) is 0 Å². The first-order valence-electron chi connectivity index (χ1n) is 7.36. The normalized spacial score (nSPS) is 10.9. The maximum Gasteiger partial charge on any atom is 0.178 e. The fourth-order valence-electron chi connectivity index (χ4n) is 2.51. The Balaban J connectivity index is 1.83. The Kier molecular flexibility index (Phi) is 3.46. The first kappa shape index (κ1) is 14.4. The number of fused-ring (bicyclic) bond motifs is 1. The van der Waals surface area contributed by atoms with E-state index >= 15 is 0 Å². The molecular weight excluding hydrogens is 308 g/mol. The molecule has 3 nitrogen and oxygen atoms in total. The van der Waals surface area contributed by atoms with Gasteiger partial charge in [0.1, 0.15) is 5.69 Å². The average Bonchev–Trinajstić information content (AvgIpc) is 2.64. The molecule has 0 amide bonds. The highest BCUT2D eigenvalue weighted by molar-refractivity contribution is 5.79. The Morgan fingerprint density at radius 3 is 2.42 bits per heavy atom. The number of aromatic nitrogens is 3. The van der Waals surface area contributed by atoms with Crippen molar-refractivity contribution in [2.45, 2.75) is 0 Å². The van der Waals surface area contributed by atoms with Crippen LogP contribution in [0.5, 0.6) is 0 Å². The van der Waals surface area contributed by atoms with Gasteiger partial charge in [-0.3, -0.25) is 0 Å². The molecule has 2 heterocycles. The molecule has 0 atom stereocenters. The van der Waals surface area contributed by atoms with Gasteiger partial charge in [0.05, 0.1) is 11.2 Å². The van der Waals surface area contributed by atoms with E-state index in [1.54, 1.807) is 24.4 Å². The van der Waals surface area contributed by atoms with Crippen molar-refractivity contribution in [1.82, 2.24) is 15.0 Å². The van der Waals surface area contributed by atoms with Crippen LogP contribution in [0.2, 0.25) is 0 Å². The van der Waals surface area contributed by atoms with Gasteiger partial charge in [-0.1, -0.05) is 30.3 Å². The molecule has 4 rings (SSSR count). The van der Waals surface area contributed by atoms with E-state index in [2.05, 4.69) is 15.0 Å². The minimum Gasteiger partial charge on any atom is -0.244 e. The van der Waals surface area contributed by atoms with E-state index < -0.39 is 11.6 Å². The largest absolute Gasteiger partial charge is 0.244 e. The summed E-state index contributed by atoms with van der Waals surface area (Å²) in [7, 11) is 0. The quantitative estimate of drug-likeness (QED) is 0.540. The predicted molar refractivity (Wildman–Crippen MR) is 88.1 cm³/mol. The summed E-state index contributed by atoms with van der Waals surface area (Å²) in [6.07, 6.45) is 1.72. The number of benzene rings is 2. The molecule has 2 aromatic heterocycles. The molecular formula is C19H11F2N3. The number of pyridine rings is 1. The van der Waals surface area contributed by atoms with Gasteiger partial charge in [0, 0.05) is 17.1 Å². The van der Waals surface area contributed by atoms with Gasteiger partial charge in [-0.25, -0.2) is 23.7 Å². The van der Waals surface area contributed by atoms with E-state index in [-0.39, 0.29) is 5.56 Å². The Morgan fingerprint density at radius 2 is 1.50 bits per heavy atom. The molecule has 0 spiro atoms. The van der Waals surface area contributed by atoms with Gasteiger partial charge in [0.2, 0.25) is 0 Å². The van der Waals surface area contributed by atoms with Gasteiger partial charge in [-0.15, -0.1) is 0 Å². The summed E-state index contributed by atoms with van der Waals surface area (Å²) in [4.78, 5) is 13.2. The molecule has 24 heavy (non-hydrogen) atoms. The van der Waals surface area contributed by atoms with E-state index in [4.69, 9.17) is 0 Å². The lowest BCUT2D eigenvalue weighted by Gasteiger charge is -2.06. The maximum atomic E-state index is 14.0. The van der Waals surface area contributed by atoms with Crippen LogP contribution in [0.15, 0.2) is 66.9 Å². The number of hydrogen-bond acceptors (Lipinski definition) is 3. The van der Waals surface area contributed by atoms with E-state index in [9.17, 15) is 8.78 Å². The number of hydrogen-bond donors (Lipinski definition) is 0. The summed E-state index contributed by atoms with van der Waals surface area (Å²) in [5, 5.41) is 0.925. The number of para-hydroxylation sites is 1. The van der Waals surface area contributed by atoms with Crippen LogP contribution in [0.1, 0.15) is 0 Å². The van der Waals surface area contributed by atoms with E-state index in [0.29, 0.717) is 17.2 Å². The third kappa shape index (κ3) is 2.50. The van der Waals surface area contributed by atoms with Gasteiger partial charge in [0.25, 0.3) is 0 Å². The lowest BCUT2D eigenvalue weighted by molar-refractivity contribution is 0.511. The first-order chi connectivity index (χ1) is 11.7. The smallest absolute Gasteiger partial charge is 0.178 e. The summed E-state index contributed by atoms with van der Waals surface area (Å²) in [5.41, 5.74) is 1.74. The van der Waals surface area contributed by atoms with E-state index in [1.807, 2.05) is 24.3 Å². The average molecular weight is 319 g/mol. The Bertz CT molecular complexity index is 1050. The van der Waals surface area contributed by atoms with Crippen molar-refractivity contribution in [3.05, 3.63) is 78.5 Å². The zero-order valence-corrected chi connectivity index (χ0v) is 12.4. The molecule has 0 bridgehead atoms. The molecule has 0 aliphatic heterocycles. The highest BCUT2D eigenvalue weighted by Crippen LogP contribution is 2.25. The second-order valence-electron chi connectivity index (χ2n) is 5.26. The monoisotopic (exact) mass is 319 g/mol. The summed E-state index contributed by atoms with van der Waals surface area (Å²) >= 11 is 0. The minimum absolute atomic E-state index is 0.109. The van der Waals surface area contributed by atoms with Crippen LogP contribution >= 0.6 is 0 Å². The fraction of sp³-hybridized carbons (Fsp3) is 0. The molecule has 0 aliphatic rings. The van der Waals surface area contributed by atoms with Gasteiger partial charge in [-0.05, 0) is 30.3 Å². The minimum atomic E-state index is -0.915. The first-order valence-corrected chi connectivity index (χ1v) is 7.36. The SMILES string of the molecule is Fc1cccc(-c2cccc(-c3ncc4ccccc4n3)n2)c1F. The van der Waals surface area contributed by atoms with E-state index in [0.717, 1.165) is 17.0 Å². The number of rotatable bonds is 2. The van der Waals surface area contributed by atoms with Crippen molar-refractivity contribution >= 4 is 10.9 Å². The standard InChI is InChI=1S/C19H11F2N3/c20-14-7-3-6-13(18(14)21)16-9-4-10-17(23-16)19-22-11-12-5-1-2-8-15(12)24-19/h1-11H. The van der Waals surface area contributed by atoms with Gasteiger partial charge in [-0.2, -0.15) is 0 Å². The van der Waals surface area contributed by atoms with Crippen LogP contribution in [-0.4, -0.2) is 15.0 Å². The van der Waals surface area contributed by atoms with Crippen molar-refractivity contribution < 1.29 is 8.78 Å². The van der Waals surface area contributed by atoms with Crippen LogP contribution < -0.4 is 0 Å². The molecule has 0 N–H and O–H groups in total. The van der Waals surface area contributed by atoms with E-state index in [1.165, 1.54) is 12.1 Å². The molecule has 0 saturated heterocycles. The molecule has 0 aliphatic carbocycles. The molecule has 5 heteroatoms. The van der Waals surface area contributed by atoms with Gasteiger partial charge in [0.15, 0.2) is 17.5 Å². The molecule has 116 valence electrons. The molecule has 2 aromatic carbocycles. The van der Waals surface area contributed by atoms with Crippen LogP contribution in [0.25, 0.3) is 33.7 Å². The maximum absolute atomic E-state index is 14.0. The molecule has 0 saturated carbocycles. The highest BCUT2D eigenvalue weighted by atomic mass is 19.2. The zero-order chi connectivity index (χ0) is 16.5. The predicted octanol–water partition coefficient (Wildman–Crippen LogP) is 4.64. The van der Waals surface area contributed by atoms with Crippen LogP contribution in [0.4, 0.5) is 8.78 Å². The molecule has 4 aromatic rings. The Hall–Kier alpha value is -3.21. The van der Waals surface area contributed by atoms with Gasteiger partial charge < -0.3 is 0 Å². The van der Waals surface area contributed by atoms with Crippen LogP contribution in [0.3, 0.4) is 0 Å². The van der Waals surface area contributed by atoms with Crippen molar-refractivity contribution in [3.8, 4) is 22.8 Å². The van der Waals surface area contributed by atoms with Crippen LogP contribution in [0, 0.1) is 11.6 Å². The summed E-state index contributed by atoms with van der Waals surface area (Å²) in [6.45, 7) is 0. The Labute approximate surface area is 136 Å². The third-order valence-electron chi connectivity index (χ3n) is 3.69. The van der Waals surface area contributed by atoms with Crippen LogP contribution in [-0.2, 0) is 0 Å². The molecule has 0 radical (unpaired) electrons. The molecule has 0 fully saturated rings. The zero-order valence-electron chi connectivity index (χ0n) is 12.4. The summed E-state index contributed by atoms with van der Waals surface area (Å²) < 4.78 is 27.4. The number of halogens is 2. The number of nitrogens with zero attached hydrogens (tertiary/aromatic N) is 3. The summed E-state index contributed by atoms with van der Waals surface area (Å²) in [6, 6.07) is 16.7. The van der Waals surface area contributed by atoms with Crippen molar-refractivity contribution in [1.29, 1.82) is 0 Å². The lowest BCUT2D eigenvalue weighted by Crippen LogP contribution is -1.96. The topological polar surface area (TPSA) is 38.7 Å². The summed E-state index contributed by atoms with van der Waals surface area (Å²) in [5.74, 6) is -1.38. The second-order valence-corrected chi connectivity index (χ2v) is 5.26. The van der Waals surface area contributed by atoms with Gasteiger partial charge >= 0.3 is 0 Å². The second kappa shape index (κ2) is 5.77. The molecule has 0 unspecified atom stereocenters.